The summed E-state index contributed by atoms with van der Waals surface area (Å²) in [5.41, 5.74) is 7.77. The number of benzene rings is 3. The molecule has 0 fully saturated rings. The van der Waals surface area contributed by atoms with Crippen molar-refractivity contribution in [3.05, 3.63) is 71.5 Å². The fourth-order valence-corrected chi connectivity index (χ4v) is 3.46. The number of carbonyl (C=O) groups is 1. The van der Waals surface area contributed by atoms with Gasteiger partial charge in [-0.05, 0) is 47.5 Å². The minimum Gasteiger partial charge on any atom is -0.495 e. The van der Waals surface area contributed by atoms with Gasteiger partial charge in [-0.3, -0.25) is 4.79 Å². The Morgan fingerprint density at radius 3 is 2.44 bits per heavy atom. The number of nitrogens with two attached hydrogens (primary N) is 1. The lowest BCUT2D eigenvalue weighted by atomic mass is 10.0. The lowest BCUT2D eigenvalue weighted by molar-refractivity contribution is 0.102. The molecule has 0 unspecified atom stereocenters. The number of hydrogen-bond donors (Lipinski definition) is 2. The third-order valence-corrected chi connectivity index (χ3v) is 5.14. The Hall–Kier alpha value is -4.40. The lowest BCUT2D eigenvalue weighted by Gasteiger charge is -2.15. The van der Waals surface area contributed by atoms with Crippen LogP contribution in [0.15, 0.2) is 54.6 Å². The normalized spacial score (nSPS) is 10.7. The van der Waals surface area contributed by atoms with Crippen LogP contribution in [0.2, 0.25) is 0 Å². The van der Waals surface area contributed by atoms with E-state index in [0.717, 1.165) is 16.3 Å². The summed E-state index contributed by atoms with van der Waals surface area (Å²) in [6.07, 6.45) is 0. The average molecular weight is 459 g/mol. The van der Waals surface area contributed by atoms with Gasteiger partial charge in [-0.15, -0.1) is 0 Å². The van der Waals surface area contributed by atoms with Crippen LogP contribution < -0.4 is 25.4 Å². The lowest BCUT2D eigenvalue weighted by Crippen LogP contribution is -2.17. The Kier molecular flexibility index (Phi) is 6.44. The maximum Gasteiger partial charge on any atom is 0.259 e. The molecule has 34 heavy (non-hydrogen) atoms. The maximum absolute atomic E-state index is 13.4. The molecule has 4 aromatic rings. The summed E-state index contributed by atoms with van der Waals surface area (Å²) in [6, 6.07) is 17.0. The molecule has 0 bridgehead atoms. The van der Waals surface area contributed by atoms with Crippen molar-refractivity contribution in [1.29, 1.82) is 0 Å². The molecule has 0 spiro atoms. The van der Waals surface area contributed by atoms with E-state index in [9.17, 15) is 4.79 Å². The van der Waals surface area contributed by atoms with Crippen molar-refractivity contribution < 1.29 is 14.3 Å². The van der Waals surface area contributed by atoms with E-state index in [4.69, 9.17) is 15.2 Å². The molecule has 4 rings (SSSR count). The topological polar surface area (TPSA) is 115 Å². The molecule has 1 aromatic heterocycles. The van der Waals surface area contributed by atoms with Gasteiger partial charge in [0, 0.05) is 14.1 Å². The summed E-state index contributed by atoms with van der Waals surface area (Å²) in [7, 11) is 5.18. The molecular formula is C25H26N6O3. The number of nitrogen functional groups attached to an aromatic ring is 1. The van der Waals surface area contributed by atoms with Crippen LogP contribution in [0.5, 0.6) is 11.5 Å². The van der Waals surface area contributed by atoms with Crippen molar-refractivity contribution in [2.45, 2.75) is 13.5 Å². The van der Waals surface area contributed by atoms with E-state index < -0.39 is 0 Å². The van der Waals surface area contributed by atoms with Crippen LogP contribution in [0.3, 0.4) is 0 Å². The van der Waals surface area contributed by atoms with Crippen LogP contribution in [0.4, 0.5) is 17.6 Å². The first-order valence-electron chi connectivity index (χ1n) is 10.6. The van der Waals surface area contributed by atoms with Gasteiger partial charge in [-0.25, -0.2) is 0 Å². The summed E-state index contributed by atoms with van der Waals surface area (Å²) in [5.74, 6) is 1.52. The molecular weight excluding hydrogens is 432 g/mol. The smallest absolute Gasteiger partial charge is 0.259 e. The number of rotatable bonds is 7. The predicted octanol–water partition coefficient (Wildman–Crippen LogP) is 3.82. The number of methoxy groups -OCH3 is 1. The Balaban J connectivity index is 1.68. The van der Waals surface area contributed by atoms with Gasteiger partial charge in [-0.2, -0.15) is 15.0 Å². The van der Waals surface area contributed by atoms with Crippen LogP contribution in [-0.2, 0) is 6.61 Å². The fraction of sp³-hybridized carbons (Fsp3) is 0.200. The Morgan fingerprint density at radius 2 is 1.74 bits per heavy atom. The Bertz CT molecular complexity index is 1360. The number of carbonyl (C=O) groups excluding carboxylic acids is 1. The first-order chi connectivity index (χ1) is 16.3. The minimum atomic E-state index is -0.325. The number of anilines is 3. The molecule has 3 aromatic carbocycles. The zero-order valence-corrected chi connectivity index (χ0v) is 19.5. The second-order valence-corrected chi connectivity index (χ2v) is 7.95. The summed E-state index contributed by atoms with van der Waals surface area (Å²) < 4.78 is 11.4. The van der Waals surface area contributed by atoms with Gasteiger partial charge in [0.15, 0.2) is 5.82 Å². The van der Waals surface area contributed by atoms with E-state index in [1.54, 1.807) is 18.1 Å². The van der Waals surface area contributed by atoms with Gasteiger partial charge in [-0.1, -0.05) is 30.3 Å². The highest BCUT2D eigenvalue weighted by molar-refractivity contribution is 6.09. The molecule has 0 aliphatic carbocycles. The van der Waals surface area contributed by atoms with Crippen molar-refractivity contribution in [1.82, 2.24) is 15.0 Å². The molecule has 0 aliphatic heterocycles. The van der Waals surface area contributed by atoms with E-state index in [1.807, 2.05) is 69.6 Å². The number of aromatic nitrogens is 3. The van der Waals surface area contributed by atoms with Gasteiger partial charge < -0.3 is 25.4 Å². The van der Waals surface area contributed by atoms with E-state index >= 15 is 0 Å². The van der Waals surface area contributed by atoms with E-state index in [2.05, 4.69) is 20.3 Å². The molecule has 0 radical (unpaired) electrons. The van der Waals surface area contributed by atoms with Gasteiger partial charge in [0.1, 0.15) is 18.1 Å². The minimum absolute atomic E-state index is 0.0138. The third-order valence-electron chi connectivity index (χ3n) is 5.14. The second kappa shape index (κ2) is 9.62. The molecule has 0 saturated heterocycles. The fourth-order valence-electron chi connectivity index (χ4n) is 3.46. The van der Waals surface area contributed by atoms with Crippen LogP contribution in [0.1, 0.15) is 21.7 Å². The molecule has 0 atom stereocenters. The van der Waals surface area contributed by atoms with Crippen LogP contribution in [0, 0.1) is 6.92 Å². The van der Waals surface area contributed by atoms with Crippen molar-refractivity contribution in [2.24, 2.45) is 0 Å². The summed E-state index contributed by atoms with van der Waals surface area (Å²) >= 11 is 0. The zero-order chi connectivity index (χ0) is 24.2. The highest BCUT2D eigenvalue weighted by Crippen LogP contribution is 2.30. The molecule has 174 valence electrons. The van der Waals surface area contributed by atoms with Crippen molar-refractivity contribution >= 4 is 34.3 Å². The maximum atomic E-state index is 13.4. The summed E-state index contributed by atoms with van der Waals surface area (Å²) in [5, 5.41) is 4.79. The molecule has 9 nitrogen and oxygen atoms in total. The number of fused-ring (bicyclic) bond motifs is 1. The SMILES string of the molecule is COc1ccc(C)cc1NC(=O)c1cc2ccccc2cc1OCc1nc(N)nc(N(C)C)n1. The second-order valence-electron chi connectivity index (χ2n) is 7.95. The monoisotopic (exact) mass is 458 g/mol. The zero-order valence-electron chi connectivity index (χ0n) is 19.5. The molecule has 1 amide bonds. The molecule has 1 heterocycles. The largest absolute Gasteiger partial charge is 0.495 e. The van der Waals surface area contributed by atoms with Gasteiger partial charge >= 0.3 is 0 Å². The molecule has 0 aliphatic rings. The van der Waals surface area contributed by atoms with Crippen LogP contribution >= 0.6 is 0 Å². The number of nitrogens with zero attached hydrogens (tertiary/aromatic N) is 4. The number of hydrogen-bond acceptors (Lipinski definition) is 8. The Morgan fingerprint density at radius 1 is 1.00 bits per heavy atom. The van der Waals surface area contributed by atoms with E-state index in [-0.39, 0.29) is 18.5 Å². The highest BCUT2D eigenvalue weighted by atomic mass is 16.5. The van der Waals surface area contributed by atoms with Crippen molar-refractivity contribution in [2.75, 3.05) is 37.2 Å². The van der Waals surface area contributed by atoms with Gasteiger partial charge in [0.2, 0.25) is 11.9 Å². The van der Waals surface area contributed by atoms with E-state index in [0.29, 0.717) is 34.5 Å². The molecule has 3 N–H and O–H groups in total. The van der Waals surface area contributed by atoms with Gasteiger partial charge in [0.25, 0.3) is 5.91 Å². The van der Waals surface area contributed by atoms with Crippen molar-refractivity contribution in [3.8, 4) is 11.5 Å². The van der Waals surface area contributed by atoms with Crippen LogP contribution in [0.25, 0.3) is 10.8 Å². The van der Waals surface area contributed by atoms with E-state index in [1.165, 1.54) is 0 Å². The first kappa shape index (κ1) is 22.8. The summed E-state index contributed by atoms with van der Waals surface area (Å²) in [4.78, 5) is 27.7. The highest BCUT2D eigenvalue weighted by Gasteiger charge is 2.17. The third kappa shape index (κ3) is 4.98. The number of nitrogens with one attached hydrogen (secondary N) is 1. The number of ether oxygens (including phenoxy) is 2. The molecule has 0 saturated carbocycles. The molecule has 9 heteroatoms. The van der Waals surface area contributed by atoms with Gasteiger partial charge in [0.05, 0.1) is 18.4 Å². The first-order valence-corrected chi connectivity index (χ1v) is 10.6. The quantitative estimate of drug-likeness (QED) is 0.429. The van der Waals surface area contributed by atoms with Crippen LogP contribution in [-0.4, -0.2) is 42.1 Å². The van der Waals surface area contributed by atoms with Crippen molar-refractivity contribution in [3.63, 3.8) is 0 Å². The standard InChI is InChI=1S/C25H26N6O3/c1-15-9-10-20(33-4)19(11-15)27-23(32)18-12-16-7-5-6-8-17(16)13-21(18)34-14-22-28-24(26)30-25(29-22)31(2)3/h5-13H,14H2,1-4H3,(H,27,32)(H2,26,28,29,30). The number of aryl methyl sites for hydroxylation is 1. The Labute approximate surface area is 197 Å². The predicted molar refractivity (Wildman–Crippen MR) is 133 cm³/mol. The number of amides is 1. The summed E-state index contributed by atoms with van der Waals surface area (Å²) in [6.45, 7) is 1.96. The average Bonchev–Trinajstić information content (AvgIpc) is 2.82.